The number of para-hydroxylation sites is 1. The summed E-state index contributed by atoms with van der Waals surface area (Å²) in [5.74, 6) is 0.498. The second-order valence-electron chi connectivity index (χ2n) is 6.82. The van der Waals surface area contributed by atoms with Crippen LogP contribution in [0.1, 0.15) is 23.1 Å². The monoisotopic (exact) mass is 404 g/mol. The lowest BCUT2D eigenvalue weighted by Gasteiger charge is -2.24. The predicted molar refractivity (Wildman–Crippen MR) is 112 cm³/mol. The van der Waals surface area contributed by atoms with E-state index in [0.717, 1.165) is 45.8 Å². The maximum Gasteiger partial charge on any atom is 0.240 e. The lowest BCUT2D eigenvalue weighted by molar-refractivity contribution is -0.119. The molecule has 0 saturated heterocycles. The zero-order chi connectivity index (χ0) is 20.7. The van der Waals surface area contributed by atoms with Crippen LogP contribution in [0.15, 0.2) is 42.5 Å². The van der Waals surface area contributed by atoms with Crippen molar-refractivity contribution in [3.8, 4) is 5.75 Å². The van der Waals surface area contributed by atoms with Gasteiger partial charge in [-0.25, -0.2) is 8.42 Å². The summed E-state index contributed by atoms with van der Waals surface area (Å²) in [7, 11) is -1.94. The number of ether oxygens (including phenoxy) is 1. The van der Waals surface area contributed by atoms with E-state index in [-0.39, 0.29) is 12.5 Å². The molecular weight excluding hydrogens is 376 g/mol. The molecule has 2 rings (SSSR count). The molecule has 0 aliphatic carbocycles. The number of amides is 1. The highest BCUT2D eigenvalue weighted by molar-refractivity contribution is 7.92. The fourth-order valence-electron chi connectivity index (χ4n) is 3.07. The van der Waals surface area contributed by atoms with E-state index in [1.54, 1.807) is 13.2 Å². The molecule has 0 spiro atoms. The molecule has 1 amide bonds. The van der Waals surface area contributed by atoms with Crippen molar-refractivity contribution in [2.24, 2.45) is 0 Å². The summed E-state index contributed by atoms with van der Waals surface area (Å²) in [5, 5.41) is 2.81. The Kier molecular flexibility index (Phi) is 7.45. The number of benzene rings is 2. The number of carbonyl (C=O) groups excluding carboxylic acids is 1. The molecule has 2 aromatic rings. The Labute approximate surface area is 167 Å². The summed E-state index contributed by atoms with van der Waals surface area (Å²) in [6.45, 7) is 4.00. The molecule has 0 aliphatic rings. The Hall–Kier alpha value is -2.54. The standard InChI is InChI=1S/C21H28N2O4S/c1-16-11-12-19(17(2)14-16)23(28(4,25)26)15-21(24)22-13-7-9-18-8-5-6-10-20(18)27-3/h5-6,8,10-12,14H,7,9,13,15H2,1-4H3,(H,22,24). The third kappa shape index (κ3) is 5.99. The average molecular weight is 405 g/mol. The molecular formula is C21H28N2O4S. The molecule has 0 heterocycles. The van der Waals surface area contributed by atoms with E-state index in [4.69, 9.17) is 4.74 Å². The van der Waals surface area contributed by atoms with E-state index in [1.165, 1.54) is 0 Å². The molecule has 6 nitrogen and oxygen atoms in total. The topological polar surface area (TPSA) is 75.7 Å². The Balaban J connectivity index is 1.95. The largest absolute Gasteiger partial charge is 0.496 e. The van der Waals surface area contributed by atoms with Gasteiger partial charge in [0.15, 0.2) is 0 Å². The molecule has 2 aromatic carbocycles. The van der Waals surface area contributed by atoms with Gasteiger partial charge in [0.1, 0.15) is 12.3 Å². The molecule has 0 radical (unpaired) electrons. The Morgan fingerprint density at radius 2 is 1.86 bits per heavy atom. The van der Waals surface area contributed by atoms with Gasteiger partial charge >= 0.3 is 0 Å². The van der Waals surface area contributed by atoms with Crippen molar-refractivity contribution in [2.45, 2.75) is 26.7 Å². The number of rotatable bonds is 9. The first kappa shape index (κ1) is 21.8. The van der Waals surface area contributed by atoms with Crippen LogP contribution in [0, 0.1) is 13.8 Å². The van der Waals surface area contributed by atoms with E-state index in [2.05, 4.69) is 5.32 Å². The van der Waals surface area contributed by atoms with E-state index in [1.807, 2.05) is 50.2 Å². The van der Waals surface area contributed by atoms with Gasteiger partial charge in [-0.15, -0.1) is 0 Å². The summed E-state index contributed by atoms with van der Waals surface area (Å²) in [6.07, 6.45) is 2.60. The number of carbonyl (C=O) groups is 1. The number of hydrogen-bond donors (Lipinski definition) is 1. The van der Waals surface area contributed by atoms with Crippen molar-refractivity contribution < 1.29 is 17.9 Å². The number of sulfonamides is 1. The molecule has 7 heteroatoms. The zero-order valence-corrected chi connectivity index (χ0v) is 17.7. The van der Waals surface area contributed by atoms with Gasteiger partial charge in [-0.1, -0.05) is 35.9 Å². The first-order valence-corrected chi connectivity index (χ1v) is 11.0. The lowest BCUT2D eigenvalue weighted by Crippen LogP contribution is -2.41. The van der Waals surface area contributed by atoms with Gasteiger partial charge in [0, 0.05) is 6.54 Å². The Morgan fingerprint density at radius 1 is 1.14 bits per heavy atom. The minimum Gasteiger partial charge on any atom is -0.496 e. The van der Waals surface area contributed by atoms with Gasteiger partial charge in [0.05, 0.1) is 19.1 Å². The number of aryl methyl sites for hydroxylation is 3. The van der Waals surface area contributed by atoms with Gasteiger partial charge in [-0.3, -0.25) is 9.10 Å². The first-order chi connectivity index (χ1) is 13.2. The minimum absolute atomic E-state index is 0.239. The normalized spacial score (nSPS) is 11.1. The average Bonchev–Trinajstić information content (AvgIpc) is 2.63. The smallest absolute Gasteiger partial charge is 0.240 e. The molecule has 28 heavy (non-hydrogen) atoms. The van der Waals surface area contributed by atoms with Crippen LogP contribution in [0.4, 0.5) is 5.69 Å². The maximum absolute atomic E-state index is 12.3. The molecule has 152 valence electrons. The van der Waals surface area contributed by atoms with Gasteiger partial charge in [-0.2, -0.15) is 0 Å². The van der Waals surface area contributed by atoms with Crippen LogP contribution in [0.3, 0.4) is 0 Å². The van der Waals surface area contributed by atoms with E-state index in [0.29, 0.717) is 12.2 Å². The van der Waals surface area contributed by atoms with Crippen LogP contribution >= 0.6 is 0 Å². The zero-order valence-electron chi connectivity index (χ0n) is 16.9. The quantitative estimate of drug-likeness (QED) is 0.652. The van der Waals surface area contributed by atoms with Gasteiger partial charge in [-0.05, 0) is 49.9 Å². The van der Waals surface area contributed by atoms with Crippen LogP contribution < -0.4 is 14.4 Å². The third-order valence-electron chi connectivity index (χ3n) is 4.45. The molecule has 0 saturated carbocycles. The van der Waals surface area contributed by atoms with Gasteiger partial charge < -0.3 is 10.1 Å². The van der Waals surface area contributed by atoms with E-state index in [9.17, 15) is 13.2 Å². The van der Waals surface area contributed by atoms with Crippen molar-refractivity contribution in [2.75, 3.05) is 30.8 Å². The molecule has 0 aliphatic heterocycles. The van der Waals surface area contributed by atoms with Gasteiger partial charge in [0.2, 0.25) is 15.9 Å². The summed E-state index contributed by atoms with van der Waals surface area (Å²) in [6, 6.07) is 13.2. The fourth-order valence-corrected chi connectivity index (χ4v) is 3.98. The van der Waals surface area contributed by atoms with Crippen LogP contribution in [-0.2, 0) is 21.2 Å². The first-order valence-electron chi connectivity index (χ1n) is 9.16. The number of methoxy groups -OCH3 is 1. The van der Waals surface area contributed by atoms with Crippen molar-refractivity contribution in [1.29, 1.82) is 0 Å². The molecule has 0 bridgehead atoms. The number of nitrogens with one attached hydrogen (secondary N) is 1. The highest BCUT2D eigenvalue weighted by Gasteiger charge is 2.22. The molecule has 1 N–H and O–H groups in total. The highest BCUT2D eigenvalue weighted by atomic mass is 32.2. The molecule has 0 aromatic heterocycles. The van der Waals surface area contributed by atoms with E-state index < -0.39 is 10.0 Å². The summed E-state index contributed by atoms with van der Waals surface area (Å²) in [4.78, 5) is 12.3. The van der Waals surface area contributed by atoms with Crippen LogP contribution in [-0.4, -0.2) is 40.8 Å². The maximum atomic E-state index is 12.3. The predicted octanol–water partition coefficient (Wildman–Crippen LogP) is 2.83. The Morgan fingerprint density at radius 3 is 2.50 bits per heavy atom. The van der Waals surface area contributed by atoms with Crippen LogP contribution in [0.25, 0.3) is 0 Å². The summed E-state index contributed by atoms with van der Waals surface area (Å²) >= 11 is 0. The highest BCUT2D eigenvalue weighted by Crippen LogP contribution is 2.23. The molecule has 0 atom stereocenters. The van der Waals surface area contributed by atoms with Gasteiger partial charge in [0.25, 0.3) is 0 Å². The number of anilines is 1. The minimum atomic E-state index is -3.58. The number of nitrogens with zero attached hydrogens (tertiary/aromatic N) is 1. The summed E-state index contributed by atoms with van der Waals surface area (Å²) in [5.41, 5.74) is 3.45. The van der Waals surface area contributed by atoms with Crippen molar-refractivity contribution >= 4 is 21.6 Å². The molecule has 0 unspecified atom stereocenters. The second-order valence-corrected chi connectivity index (χ2v) is 8.73. The second kappa shape index (κ2) is 9.59. The Bertz CT molecular complexity index is 926. The van der Waals surface area contributed by atoms with Crippen molar-refractivity contribution in [3.63, 3.8) is 0 Å². The third-order valence-corrected chi connectivity index (χ3v) is 5.57. The SMILES string of the molecule is COc1ccccc1CCCNC(=O)CN(c1ccc(C)cc1C)S(C)(=O)=O. The molecule has 0 fully saturated rings. The fraction of sp³-hybridized carbons (Fsp3) is 0.381. The van der Waals surface area contributed by atoms with Crippen molar-refractivity contribution in [3.05, 3.63) is 59.2 Å². The van der Waals surface area contributed by atoms with Crippen LogP contribution in [0.5, 0.6) is 5.75 Å². The lowest BCUT2D eigenvalue weighted by atomic mass is 10.1. The van der Waals surface area contributed by atoms with Crippen LogP contribution in [0.2, 0.25) is 0 Å². The van der Waals surface area contributed by atoms with E-state index >= 15 is 0 Å². The van der Waals surface area contributed by atoms with Crippen molar-refractivity contribution in [1.82, 2.24) is 5.32 Å². The number of hydrogen-bond acceptors (Lipinski definition) is 4. The summed E-state index contributed by atoms with van der Waals surface area (Å²) < 4.78 is 30.9.